The molecule has 0 bridgehead atoms. The van der Waals surface area contributed by atoms with Crippen molar-refractivity contribution in [3.05, 3.63) is 83.9 Å². The lowest BCUT2D eigenvalue weighted by Gasteiger charge is -2.20. The number of hydrogen-bond donors (Lipinski definition) is 0. The zero-order chi connectivity index (χ0) is 14.9. The maximum Gasteiger partial charge on any atom is 0.193 e. The molecule has 1 aliphatic heterocycles. The minimum Gasteiger partial charge on any atom is -0.450 e. The molecule has 1 aliphatic rings. The van der Waals surface area contributed by atoms with Crippen LogP contribution in [-0.2, 0) is 0 Å². The third-order valence-electron chi connectivity index (χ3n) is 3.53. The summed E-state index contributed by atoms with van der Waals surface area (Å²) >= 11 is 0. The SMILES string of the molecule is O=C(c1ccccc1)c1ccc2c(c1)Oc1ccccc1O2. The van der Waals surface area contributed by atoms with E-state index in [1.165, 1.54) is 0 Å². The largest absolute Gasteiger partial charge is 0.450 e. The summed E-state index contributed by atoms with van der Waals surface area (Å²) in [6.07, 6.45) is 0. The topological polar surface area (TPSA) is 35.5 Å². The van der Waals surface area contributed by atoms with Crippen LogP contribution in [0.5, 0.6) is 23.0 Å². The van der Waals surface area contributed by atoms with Crippen LogP contribution in [0.1, 0.15) is 15.9 Å². The fraction of sp³-hybridized carbons (Fsp3) is 0. The summed E-state index contributed by atoms with van der Waals surface area (Å²) in [7, 11) is 0. The monoisotopic (exact) mass is 288 g/mol. The smallest absolute Gasteiger partial charge is 0.193 e. The Bertz CT molecular complexity index is 854. The third-order valence-corrected chi connectivity index (χ3v) is 3.53. The van der Waals surface area contributed by atoms with Gasteiger partial charge in [0.25, 0.3) is 0 Å². The first-order valence-electron chi connectivity index (χ1n) is 7.00. The highest BCUT2D eigenvalue weighted by atomic mass is 16.6. The molecule has 1 heterocycles. The highest BCUT2D eigenvalue weighted by Crippen LogP contribution is 2.45. The van der Waals surface area contributed by atoms with Crippen molar-refractivity contribution in [3.8, 4) is 23.0 Å². The molecule has 3 aromatic rings. The Morgan fingerprint density at radius 1 is 0.591 bits per heavy atom. The molecule has 3 aromatic carbocycles. The van der Waals surface area contributed by atoms with Gasteiger partial charge in [-0.3, -0.25) is 4.79 Å². The number of fused-ring (bicyclic) bond motifs is 2. The molecule has 3 nitrogen and oxygen atoms in total. The zero-order valence-corrected chi connectivity index (χ0v) is 11.7. The van der Waals surface area contributed by atoms with Gasteiger partial charge >= 0.3 is 0 Å². The number of para-hydroxylation sites is 2. The highest BCUT2D eigenvalue weighted by molar-refractivity contribution is 6.09. The summed E-state index contributed by atoms with van der Waals surface area (Å²) < 4.78 is 11.6. The van der Waals surface area contributed by atoms with Crippen molar-refractivity contribution in [2.75, 3.05) is 0 Å². The van der Waals surface area contributed by atoms with Crippen LogP contribution in [-0.4, -0.2) is 5.78 Å². The average molecular weight is 288 g/mol. The van der Waals surface area contributed by atoms with Crippen LogP contribution in [0.25, 0.3) is 0 Å². The van der Waals surface area contributed by atoms with Crippen LogP contribution in [0.4, 0.5) is 0 Å². The summed E-state index contributed by atoms with van der Waals surface area (Å²) in [5.74, 6) is 2.46. The van der Waals surface area contributed by atoms with Gasteiger partial charge in [0.1, 0.15) is 0 Å². The van der Waals surface area contributed by atoms with Crippen molar-refractivity contribution in [2.45, 2.75) is 0 Å². The Morgan fingerprint density at radius 3 is 1.91 bits per heavy atom. The molecule has 4 rings (SSSR count). The first-order chi connectivity index (χ1) is 10.8. The quantitative estimate of drug-likeness (QED) is 0.496. The minimum absolute atomic E-state index is 0.0362. The molecule has 0 spiro atoms. The number of rotatable bonds is 2. The second kappa shape index (κ2) is 5.04. The van der Waals surface area contributed by atoms with Crippen molar-refractivity contribution >= 4 is 5.78 Å². The lowest BCUT2D eigenvalue weighted by molar-refractivity contribution is 0.103. The third kappa shape index (κ3) is 2.13. The van der Waals surface area contributed by atoms with Crippen LogP contribution >= 0.6 is 0 Å². The van der Waals surface area contributed by atoms with E-state index < -0.39 is 0 Å². The predicted octanol–water partition coefficient (Wildman–Crippen LogP) is 4.82. The van der Waals surface area contributed by atoms with E-state index in [1.807, 2.05) is 42.5 Å². The molecule has 22 heavy (non-hydrogen) atoms. The molecule has 0 N–H and O–H groups in total. The summed E-state index contributed by atoms with van der Waals surface area (Å²) in [5.41, 5.74) is 1.23. The van der Waals surface area contributed by atoms with E-state index in [-0.39, 0.29) is 5.78 Å². The Kier molecular flexibility index (Phi) is 2.90. The fourth-order valence-electron chi connectivity index (χ4n) is 2.43. The summed E-state index contributed by atoms with van der Waals surface area (Å²) in [6, 6.07) is 21.9. The summed E-state index contributed by atoms with van der Waals surface area (Å²) in [6.45, 7) is 0. The van der Waals surface area contributed by atoms with Gasteiger partial charge in [-0.15, -0.1) is 0 Å². The molecule has 0 saturated carbocycles. The Hall–Kier alpha value is -3.07. The second-order valence-electron chi connectivity index (χ2n) is 5.01. The second-order valence-corrected chi connectivity index (χ2v) is 5.01. The van der Waals surface area contributed by atoms with Crippen LogP contribution in [0.15, 0.2) is 72.8 Å². The van der Waals surface area contributed by atoms with Gasteiger partial charge in [-0.25, -0.2) is 0 Å². The van der Waals surface area contributed by atoms with Crippen molar-refractivity contribution in [3.63, 3.8) is 0 Å². The number of carbonyl (C=O) groups excluding carboxylic acids is 1. The van der Waals surface area contributed by atoms with Gasteiger partial charge in [0.05, 0.1) is 0 Å². The first kappa shape index (κ1) is 12.7. The Labute approximate surface area is 127 Å². The average Bonchev–Trinajstić information content (AvgIpc) is 2.59. The number of ketones is 1. The number of benzene rings is 3. The molecule has 0 unspecified atom stereocenters. The highest BCUT2D eigenvalue weighted by Gasteiger charge is 2.20. The van der Waals surface area contributed by atoms with E-state index in [0.29, 0.717) is 34.1 Å². The number of hydrogen-bond acceptors (Lipinski definition) is 3. The molecule has 0 fully saturated rings. The van der Waals surface area contributed by atoms with Crippen molar-refractivity contribution in [1.29, 1.82) is 0 Å². The van der Waals surface area contributed by atoms with Gasteiger partial charge < -0.3 is 9.47 Å². The summed E-state index contributed by atoms with van der Waals surface area (Å²) in [5, 5.41) is 0. The molecule has 0 atom stereocenters. The van der Waals surface area contributed by atoms with Crippen molar-refractivity contribution < 1.29 is 14.3 Å². The molecular formula is C19H12O3. The molecule has 0 radical (unpaired) electrons. The van der Waals surface area contributed by atoms with Gasteiger partial charge in [0.2, 0.25) is 0 Å². The van der Waals surface area contributed by atoms with E-state index in [0.717, 1.165) is 0 Å². The zero-order valence-electron chi connectivity index (χ0n) is 11.7. The molecule has 3 heteroatoms. The van der Waals surface area contributed by atoms with Crippen molar-refractivity contribution in [1.82, 2.24) is 0 Å². The maximum atomic E-state index is 12.5. The molecule has 0 aliphatic carbocycles. The van der Waals surface area contributed by atoms with Crippen LogP contribution in [0, 0.1) is 0 Å². The van der Waals surface area contributed by atoms with Gasteiger partial charge in [-0.05, 0) is 30.3 Å². The van der Waals surface area contributed by atoms with E-state index >= 15 is 0 Å². The van der Waals surface area contributed by atoms with Gasteiger partial charge in [0.15, 0.2) is 28.8 Å². The predicted molar refractivity (Wildman–Crippen MR) is 82.9 cm³/mol. The molecule has 106 valence electrons. The lowest BCUT2D eigenvalue weighted by Crippen LogP contribution is -2.04. The Morgan fingerprint density at radius 2 is 1.18 bits per heavy atom. The van der Waals surface area contributed by atoms with E-state index in [1.54, 1.807) is 30.3 Å². The molecular weight excluding hydrogens is 276 g/mol. The number of ether oxygens (including phenoxy) is 2. The maximum absolute atomic E-state index is 12.5. The van der Waals surface area contributed by atoms with Crippen molar-refractivity contribution in [2.24, 2.45) is 0 Å². The standard InChI is InChI=1S/C19H12O3/c20-19(13-6-2-1-3-7-13)14-10-11-17-18(12-14)22-16-9-5-4-8-15(16)21-17/h1-12H. The van der Waals surface area contributed by atoms with Gasteiger partial charge in [-0.2, -0.15) is 0 Å². The molecule has 0 aromatic heterocycles. The van der Waals surface area contributed by atoms with Crippen LogP contribution < -0.4 is 9.47 Å². The van der Waals surface area contributed by atoms with Gasteiger partial charge in [0, 0.05) is 11.1 Å². The van der Waals surface area contributed by atoms with E-state index in [4.69, 9.17) is 9.47 Å². The summed E-state index contributed by atoms with van der Waals surface area (Å²) in [4.78, 5) is 12.5. The normalized spacial score (nSPS) is 11.6. The van der Waals surface area contributed by atoms with E-state index in [9.17, 15) is 4.79 Å². The van der Waals surface area contributed by atoms with E-state index in [2.05, 4.69) is 0 Å². The minimum atomic E-state index is -0.0362. The molecule has 0 amide bonds. The first-order valence-corrected chi connectivity index (χ1v) is 7.00. The molecule has 0 saturated heterocycles. The Balaban J connectivity index is 1.70. The fourth-order valence-corrected chi connectivity index (χ4v) is 2.43. The van der Waals surface area contributed by atoms with Crippen LogP contribution in [0.3, 0.4) is 0 Å². The van der Waals surface area contributed by atoms with Gasteiger partial charge in [-0.1, -0.05) is 42.5 Å². The lowest BCUT2D eigenvalue weighted by atomic mass is 10.0. The van der Waals surface area contributed by atoms with Crippen LogP contribution in [0.2, 0.25) is 0 Å². The number of carbonyl (C=O) groups is 1.